The summed E-state index contributed by atoms with van der Waals surface area (Å²) in [6.45, 7) is 4.71. The van der Waals surface area contributed by atoms with Crippen molar-refractivity contribution in [2.45, 2.75) is 44.6 Å². The fraction of sp³-hybridized carbons (Fsp3) is 0.929. The van der Waals surface area contributed by atoms with Gasteiger partial charge >= 0.3 is 0 Å². The van der Waals surface area contributed by atoms with Crippen molar-refractivity contribution in [1.29, 1.82) is 5.26 Å². The van der Waals surface area contributed by atoms with Crippen molar-refractivity contribution in [2.75, 3.05) is 33.2 Å². The van der Waals surface area contributed by atoms with Crippen molar-refractivity contribution in [2.24, 2.45) is 5.92 Å². The van der Waals surface area contributed by atoms with E-state index in [0.29, 0.717) is 6.04 Å². The quantitative estimate of drug-likeness (QED) is 0.652. The van der Waals surface area contributed by atoms with Crippen LogP contribution in [0.1, 0.15) is 38.5 Å². The summed E-state index contributed by atoms with van der Waals surface area (Å²) in [6, 6.07) is 3.10. The molecular weight excluding hydrogens is 210 g/mol. The van der Waals surface area contributed by atoms with Crippen LogP contribution in [0.2, 0.25) is 0 Å². The lowest BCUT2D eigenvalue weighted by molar-refractivity contribution is 0.159. The zero-order valence-corrected chi connectivity index (χ0v) is 11.1. The summed E-state index contributed by atoms with van der Waals surface area (Å²) in [6.07, 6.45) is 7.50. The Labute approximate surface area is 105 Å². The van der Waals surface area contributed by atoms with Crippen LogP contribution in [0.25, 0.3) is 0 Å². The van der Waals surface area contributed by atoms with E-state index in [9.17, 15) is 5.26 Å². The summed E-state index contributed by atoms with van der Waals surface area (Å²) in [4.78, 5) is 5.01. The molecule has 2 aliphatic rings. The van der Waals surface area contributed by atoms with Gasteiger partial charge in [-0.05, 0) is 39.4 Å². The molecule has 96 valence electrons. The van der Waals surface area contributed by atoms with Crippen LogP contribution in [0.15, 0.2) is 0 Å². The molecule has 1 aliphatic heterocycles. The van der Waals surface area contributed by atoms with E-state index in [0.717, 1.165) is 19.5 Å². The third kappa shape index (κ3) is 3.43. The lowest BCUT2D eigenvalue weighted by Gasteiger charge is -2.32. The molecule has 2 atom stereocenters. The minimum atomic E-state index is 0.279. The molecule has 3 heteroatoms. The Kier molecular flexibility index (Phi) is 4.82. The van der Waals surface area contributed by atoms with Crippen molar-refractivity contribution < 1.29 is 0 Å². The summed E-state index contributed by atoms with van der Waals surface area (Å²) in [5, 5.41) is 9.35. The van der Waals surface area contributed by atoms with Crippen LogP contribution in [-0.2, 0) is 0 Å². The summed E-state index contributed by atoms with van der Waals surface area (Å²) in [7, 11) is 2.21. The highest BCUT2D eigenvalue weighted by Crippen LogP contribution is 2.27. The van der Waals surface area contributed by atoms with Gasteiger partial charge in [-0.15, -0.1) is 0 Å². The molecule has 0 radical (unpaired) electrons. The van der Waals surface area contributed by atoms with Crippen molar-refractivity contribution >= 4 is 0 Å². The normalized spacial score (nSPS) is 33.6. The molecule has 0 aromatic rings. The number of nitrogens with zero attached hydrogens (tertiary/aromatic N) is 3. The maximum atomic E-state index is 9.35. The first kappa shape index (κ1) is 12.9. The lowest BCUT2D eigenvalue weighted by Crippen LogP contribution is -2.41. The van der Waals surface area contributed by atoms with E-state index >= 15 is 0 Å². The minimum absolute atomic E-state index is 0.279. The molecule has 17 heavy (non-hydrogen) atoms. The van der Waals surface area contributed by atoms with Crippen LogP contribution in [0.5, 0.6) is 0 Å². The number of likely N-dealkylation sites (N-methyl/N-ethyl adjacent to an activating group) is 1. The zero-order chi connectivity index (χ0) is 12.1. The molecule has 0 bridgehead atoms. The second-order valence-corrected chi connectivity index (χ2v) is 5.63. The Morgan fingerprint density at radius 3 is 2.59 bits per heavy atom. The molecule has 0 amide bonds. The molecule has 0 spiro atoms. The SMILES string of the molecule is CN1CCCN(C2CCCCCC2C#N)CC1. The van der Waals surface area contributed by atoms with Gasteiger partial charge in [0.2, 0.25) is 0 Å². The molecular formula is C14H25N3. The fourth-order valence-electron chi connectivity index (χ4n) is 3.27. The Morgan fingerprint density at radius 2 is 1.76 bits per heavy atom. The second-order valence-electron chi connectivity index (χ2n) is 5.63. The van der Waals surface area contributed by atoms with Crippen LogP contribution >= 0.6 is 0 Å². The first-order valence-corrected chi connectivity index (χ1v) is 7.13. The van der Waals surface area contributed by atoms with E-state index in [1.807, 2.05) is 0 Å². The monoisotopic (exact) mass is 235 g/mol. The number of rotatable bonds is 1. The van der Waals surface area contributed by atoms with Gasteiger partial charge in [0.05, 0.1) is 12.0 Å². The first-order chi connectivity index (χ1) is 8.31. The van der Waals surface area contributed by atoms with E-state index in [-0.39, 0.29) is 5.92 Å². The van der Waals surface area contributed by atoms with Crippen molar-refractivity contribution in [1.82, 2.24) is 9.80 Å². The Balaban J connectivity index is 1.99. The standard InChI is InChI=1S/C14H25N3/c1-16-8-5-9-17(11-10-16)14-7-4-2-3-6-13(14)12-15/h13-14H,2-11H2,1H3. The summed E-state index contributed by atoms with van der Waals surface area (Å²) >= 11 is 0. The zero-order valence-electron chi connectivity index (χ0n) is 11.1. The van der Waals surface area contributed by atoms with Crippen LogP contribution < -0.4 is 0 Å². The Bertz CT molecular complexity index is 271. The van der Waals surface area contributed by atoms with Crippen LogP contribution in [0.4, 0.5) is 0 Å². The molecule has 1 saturated carbocycles. The average Bonchev–Trinajstić information content (AvgIpc) is 2.68. The van der Waals surface area contributed by atoms with E-state index in [1.54, 1.807) is 0 Å². The van der Waals surface area contributed by atoms with Crippen LogP contribution in [0, 0.1) is 17.2 Å². The maximum Gasteiger partial charge on any atom is 0.0672 e. The highest BCUT2D eigenvalue weighted by Gasteiger charge is 2.29. The topological polar surface area (TPSA) is 30.3 Å². The lowest BCUT2D eigenvalue weighted by atomic mass is 9.94. The van der Waals surface area contributed by atoms with Crippen LogP contribution in [-0.4, -0.2) is 49.1 Å². The molecule has 2 rings (SSSR count). The fourth-order valence-corrected chi connectivity index (χ4v) is 3.27. The molecule has 1 heterocycles. The van der Waals surface area contributed by atoms with E-state index in [4.69, 9.17) is 0 Å². The predicted octanol–water partition coefficient (Wildman–Crippen LogP) is 2.10. The largest absolute Gasteiger partial charge is 0.305 e. The Hall–Kier alpha value is -0.590. The molecule has 0 aromatic heterocycles. The van der Waals surface area contributed by atoms with E-state index in [2.05, 4.69) is 22.9 Å². The minimum Gasteiger partial charge on any atom is -0.305 e. The van der Waals surface area contributed by atoms with E-state index < -0.39 is 0 Å². The maximum absolute atomic E-state index is 9.35. The smallest absolute Gasteiger partial charge is 0.0672 e. The number of hydrogen-bond donors (Lipinski definition) is 0. The molecule has 2 unspecified atom stereocenters. The van der Waals surface area contributed by atoms with Crippen molar-refractivity contribution in [3.8, 4) is 6.07 Å². The van der Waals surface area contributed by atoms with Gasteiger partial charge in [0.25, 0.3) is 0 Å². The van der Waals surface area contributed by atoms with Gasteiger partial charge in [0.15, 0.2) is 0 Å². The molecule has 1 aliphatic carbocycles. The Morgan fingerprint density at radius 1 is 0.941 bits per heavy atom. The highest BCUT2D eigenvalue weighted by atomic mass is 15.2. The summed E-state index contributed by atoms with van der Waals surface area (Å²) in [5.41, 5.74) is 0. The number of nitriles is 1. The van der Waals surface area contributed by atoms with Gasteiger partial charge in [-0.1, -0.05) is 19.3 Å². The molecule has 0 aromatic carbocycles. The van der Waals surface area contributed by atoms with E-state index in [1.165, 1.54) is 45.2 Å². The van der Waals surface area contributed by atoms with Gasteiger partial charge in [-0.2, -0.15) is 5.26 Å². The van der Waals surface area contributed by atoms with Gasteiger partial charge in [-0.25, -0.2) is 0 Å². The number of hydrogen-bond acceptors (Lipinski definition) is 3. The summed E-state index contributed by atoms with van der Waals surface area (Å²) in [5.74, 6) is 0.279. The third-order valence-electron chi connectivity index (χ3n) is 4.37. The first-order valence-electron chi connectivity index (χ1n) is 7.13. The molecule has 1 saturated heterocycles. The highest BCUT2D eigenvalue weighted by molar-refractivity contribution is 4.95. The molecule has 2 fully saturated rings. The van der Waals surface area contributed by atoms with Crippen LogP contribution in [0.3, 0.4) is 0 Å². The van der Waals surface area contributed by atoms with Gasteiger partial charge in [0, 0.05) is 19.1 Å². The van der Waals surface area contributed by atoms with Gasteiger partial charge < -0.3 is 4.90 Å². The summed E-state index contributed by atoms with van der Waals surface area (Å²) < 4.78 is 0. The second kappa shape index (κ2) is 6.37. The third-order valence-corrected chi connectivity index (χ3v) is 4.37. The average molecular weight is 235 g/mol. The molecule has 3 nitrogen and oxygen atoms in total. The van der Waals surface area contributed by atoms with Crippen molar-refractivity contribution in [3.63, 3.8) is 0 Å². The van der Waals surface area contributed by atoms with Gasteiger partial charge in [-0.3, -0.25) is 4.90 Å². The molecule has 0 N–H and O–H groups in total. The van der Waals surface area contributed by atoms with Gasteiger partial charge in [0.1, 0.15) is 0 Å². The predicted molar refractivity (Wildman–Crippen MR) is 69.7 cm³/mol. The van der Waals surface area contributed by atoms with Crippen molar-refractivity contribution in [3.05, 3.63) is 0 Å².